The molecule has 0 saturated carbocycles. The Hall–Kier alpha value is -2.37. The Morgan fingerprint density at radius 2 is 2.24 bits per heavy atom. The third-order valence-corrected chi connectivity index (χ3v) is 4.63. The maximum absolute atomic E-state index is 12.3. The highest BCUT2D eigenvalue weighted by Gasteiger charge is 2.25. The summed E-state index contributed by atoms with van der Waals surface area (Å²) in [6.45, 7) is 8.58. The number of nitrogens with zero attached hydrogens (tertiary/aromatic N) is 4. The second-order valence-electron chi connectivity index (χ2n) is 7.13. The van der Waals surface area contributed by atoms with Gasteiger partial charge in [-0.25, -0.2) is 9.78 Å². The van der Waals surface area contributed by atoms with Crippen molar-refractivity contribution in [1.82, 2.24) is 24.8 Å². The average Bonchev–Trinajstić information content (AvgIpc) is 2.96. The van der Waals surface area contributed by atoms with Crippen molar-refractivity contribution in [2.75, 3.05) is 13.1 Å². The lowest BCUT2D eigenvalue weighted by Gasteiger charge is -2.34. The zero-order chi connectivity index (χ0) is 17.8. The molecule has 2 amide bonds. The van der Waals surface area contributed by atoms with Crippen molar-refractivity contribution < 1.29 is 4.79 Å². The van der Waals surface area contributed by atoms with Crippen molar-refractivity contribution >= 4 is 6.03 Å². The van der Waals surface area contributed by atoms with Crippen LogP contribution in [0.2, 0.25) is 0 Å². The highest BCUT2D eigenvalue weighted by Crippen LogP contribution is 2.24. The van der Waals surface area contributed by atoms with Crippen molar-refractivity contribution in [1.29, 1.82) is 0 Å². The van der Waals surface area contributed by atoms with Gasteiger partial charge in [0.2, 0.25) is 0 Å². The molecule has 3 rings (SSSR count). The Morgan fingerprint density at radius 3 is 2.96 bits per heavy atom. The van der Waals surface area contributed by atoms with Crippen LogP contribution in [-0.2, 0) is 6.54 Å². The maximum atomic E-state index is 12.3. The van der Waals surface area contributed by atoms with Crippen LogP contribution in [0.1, 0.15) is 32.4 Å². The van der Waals surface area contributed by atoms with Gasteiger partial charge in [-0.2, -0.15) is 0 Å². The molecule has 0 radical (unpaired) electrons. The van der Waals surface area contributed by atoms with Crippen LogP contribution in [-0.4, -0.2) is 44.6 Å². The molecule has 0 aromatic carbocycles. The van der Waals surface area contributed by atoms with Gasteiger partial charge in [0.1, 0.15) is 5.82 Å². The largest absolute Gasteiger partial charge is 0.336 e. The van der Waals surface area contributed by atoms with Crippen LogP contribution < -0.4 is 5.32 Å². The number of likely N-dealkylation sites (tertiary alicyclic amines) is 1. The number of rotatable bonds is 4. The summed E-state index contributed by atoms with van der Waals surface area (Å²) < 4.78 is 2.26. The van der Waals surface area contributed by atoms with E-state index < -0.39 is 0 Å². The highest BCUT2D eigenvalue weighted by atomic mass is 16.2. The number of aromatic nitrogens is 3. The first-order valence-electron chi connectivity index (χ1n) is 9.02. The zero-order valence-electron chi connectivity index (χ0n) is 15.3. The van der Waals surface area contributed by atoms with Crippen molar-refractivity contribution in [3.05, 3.63) is 36.4 Å². The molecule has 1 N–H and O–H groups in total. The van der Waals surface area contributed by atoms with E-state index in [1.54, 1.807) is 6.20 Å². The van der Waals surface area contributed by atoms with E-state index in [1.165, 1.54) is 0 Å². The minimum absolute atomic E-state index is 0.0505. The fourth-order valence-corrected chi connectivity index (χ4v) is 3.41. The van der Waals surface area contributed by atoms with E-state index in [1.807, 2.05) is 43.3 Å². The van der Waals surface area contributed by atoms with E-state index in [2.05, 4.69) is 26.8 Å². The number of nitrogens with one attached hydrogen (secondary N) is 1. The molecule has 0 bridgehead atoms. The van der Waals surface area contributed by atoms with Gasteiger partial charge in [-0.15, -0.1) is 0 Å². The van der Waals surface area contributed by atoms with Crippen molar-refractivity contribution in [3.8, 4) is 11.4 Å². The number of hydrogen-bond donors (Lipinski definition) is 1. The highest BCUT2D eigenvalue weighted by molar-refractivity contribution is 5.74. The number of pyridine rings is 1. The second-order valence-corrected chi connectivity index (χ2v) is 7.13. The van der Waals surface area contributed by atoms with Crippen LogP contribution in [0.15, 0.2) is 30.7 Å². The van der Waals surface area contributed by atoms with E-state index in [4.69, 9.17) is 0 Å². The Bertz CT molecular complexity index is 710. The minimum Gasteiger partial charge on any atom is -0.336 e. The Kier molecular flexibility index (Phi) is 5.36. The molecule has 2 aromatic rings. The predicted molar refractivity (Wildman–Crippen MR) is 98.2 cm³/mol. The fourth-order valence-electron chi connectivity index (χ4n) is 3.41. The second kappa shape index (κ2) is 7.68. The molecule has 1 aliphatic rings. The Balaban J connectivity index is 1.72. The van der Waals surface area contributed by atoms with E-state index in [9.17, 15) is 4.79 Å². The summed E-state index contributed by atoms with van der Waals surface area (Å²) in [5, 5.41) is 3.00. The van der Waals surface area contributed by atoms with Crippen molar-refractivity contribution in [2.45, 2.75) is 46.2 Å². The molecule has 1 fully saturated rings. The van der Waals surface area contributed by atoms with Gasteiger partial charge in [-0.3, -0.25) is 4.98 Å². The van der Waals surface area contributed by atoms with Gasteiger partial charge in [0.05, 0.1) is 0 Å². The average molecular weight is 341 g/mol. The quantitative estimate of drug-likeness (QED) is 0.929. The molecule has 2 aromatic heterocycles. The smallest absolute Gasteiger partial charge is 0.317 e. The number of amides is 2. The van der Waals surface area contributed by atoms with Gasteiger partial charge in [-0.05, 0) is 51.7 Å². The molecule has 0 spiro atoms. The van der Waals surface area contributed by atoms with E-state index in [-0.39, 0.29) is 12.1 Å². The standard InChI is InChI=1S/C19H27N5O/c1-14(2)22-19(25)23-9-5-6-16(12-23)13-24-15(3)10-21-18(24)17-7-4-8-20-11-17/h4,7-8,10-11,14,16H,5-6,9,12-13H2,1-3H3,(H,22,25). The van der Waals surface area contributed by atoms with Crippen molar-refractivity contribution in [2.24, 2.45) is 5.92 Å². The lowest BCUT2D eigenvalue weighted by Crippen LogP contribution is -2.48. The maximum Gasteiger partial charge on any atom is 0.317 e. The summed E-state index contributed by atoms with van der Waals surface area (Å²) in [5.41, 5.74) is 2.17. The van der Waals surface area contributed by atoms with Crippen LogP contribution in [0.5, 0.6) is 0 Å². The molecule has 25 heavy (non-hydrogen) atoms. The number of carbonyl (C=O) groups excluding carboxylic acids is 1. The summed E-state index contributed by atoms with van der Waals surface area (Å²) in [5.74, 6) is 1.39. The van der Waals surface area contributed by atoms with Gasteiger partial charge in [0, 0.05) is 55.5 Å². The van der Waals surface area contributed by atoms with Gasteiger partial charge in [0.25, 0.3) is 0 Å². The van der Waals surface area contributed by atoms with Crippen LogP contribution >= 0.6 is 0 Å². The third kappa shape index (κ3) is 4.18. The summed E-state index contributed by atoms with van der Waals surface area (Å²) in [6, 6.07) is 4.19. The fraction of sp³-hybridized carbons (Fsp3) is 0.526. The lowest BCUT2D eigenvalue weighted by molar-refractivity contribution is 0.157. The molecule has 6 heteroatoms. The topological polar surface area (TPSA) is 63.1 Å². The molecule has 1 atom stereocenters. The van der Waals surface area contributed by atoms with Crippen molar-refractivity contribution in [3.63, 3.8) is 0 Å². The molecule has 6 nitrogen and oxygen atoms in total. The number of piperidine rings is 1. The van der Waals surface area contributed by atoms with Gasteiger partial charge in [0.15, 0.2) is 0 Å². The molecule has 134 valence electrons. The SMILES string of the molecule is Cc1cnc(-c2cccnc2)n1CC1CCCN(C(=O)NC(C)C)C1. The molecule has 1 unspecified atom stereocenters. The third-order valence-electron chi connectivity index (χ3n) is 4.63. The Morgan fingerprint density at radius 1 is 1.40 bits per heavy atom. The summed E-state index contributed by atoms with van der Waals surface area (Å²) in [6.07, 6.45) is 7.72. The van der Waals surface area contributed by atoms with Gasteiger partial charge >= 0.3 is 6.03 Å². The number of urea groups is 1. The first kappa shape index (κ1) is 17.5. The summed E-state index contributed by atoms with van der Waals surface area (Å²) >= 11 is 0. The number of aryl methyl sites for hydroxylation is 1. The summed E-state index contributed by atoms with van der Waals surface area (Å²) in [7, 11) is 0. The van der Waals surface area contributed by atoms with E-state index >= 15 is 0 Å². The van der Waals surface area contributed by atoms with E-state index in [0.29, 0.717) is 5.92 Å². The molecule has 1 saturated heterocycles. The normalized spacial score (nSPS) is 17.8. The van der Waals surface area contributed by atoms with Gasteiger partial charge in [-0.1, -0.05) is 0 Å². The number of hydrogen-bond acceptors (Lipinski definition) is 3. The van der Waals surface area contributed by atoms with Gasteiger partial charge < -0.3 is 14.8 Å². The van der Waals surface area contributed by atoms with Crippen LogP contribution in [0.25, 0.3) is 11.4 Å². The molecule has 1 aliphatic heterocycles. The number of imidazole rings is 1. The summed E-state index contributed by atoms with van der Waals surface area (Å²) in [4.78, 5) is 23.0. The molecule has 0 aliphatic carbocycles. The Labute approximate surface area is 149 Å². The monoisotopic (exact) mass is 341 g/mol. The van der Waals surface area contributed by atoms with Crippen LogP contribution in [0.3, 0.4) is 0 Å². The molecular formula is C19H27N5O. The molecule has 3 heterocycles. The minimum atomic E-state index is 0.0505. The first-order valence-corrected chi connectivity index (χ1v) is 9.02. The lowest BCUT2D eigenvalue weighted by atomic mass is 9.98. The number of carbonyl (C=O) groups is 1. The molecular weight excluding hydrogens is 314 g/mol. The van der Waals surface area contributed by atoms with E-state index in [0.717, 1.165) is 49.6 Å². The first-order chi connectivity index (χ1) is 12.0. The zero-order valence-corrected chi connectivity index (χ0v) is 15.3. The predicted octanol–water partition coefficient (Wildman–Crippen LogP) is 3.08. The van der Waals surface area contributed by atoms with Crippen LogP contribution in [0.4, 0.5) is 4.79 Å². The van der Waals surface area contributed by atoms with Crippen LogP contribution in [0, 0.1) is 12.8 Å².